The maximum Gasteiger partial charge on any atom is 0.439 e. The number of rotatable bonds is 6. The highest BCUT2D eigenvalue weighted by atomic mass is 35.5. The number of nitrogens with one attached hydrogen (secondary N) is 2. The molecule has 4 aromatic rings. The summed E-state index contributed by atoms with van der Waals surface area (Å²) in [5.74, 6) is 1.62. The molecular weight excluding hydrogens is 532 g/mol. The van der Waals surface area contributed by atoms with Crippen LogP contribution in [0.1, 0.15) is 45.4 Å². The molecule has 0 aromatic carbocycles. The molecule has 1 aliphatic carbocycles. The fourth-order valence-corrected chi connectivity index (χ4v) is 6.70. The van der Waals surface area contributed by atoms with Crippen LogP contribution in [-0.2, 0) is 11.3 Å². The van der Waals surface area contributed by atoms with Gasteiger partial charge < -0.3 is 5.32 Å². The minimum Gasteiger partial charge on any atom is -0.354 e. The highest BCUT2D eigenvalue weighted by Crippen LogP contribution is 2.40. The lowest BCUT2D eigenvalue weighted by molar-refractivity contribution is -0.124. The number of nitrogens with zero attached hydrogens (tertiary/aromatic N) is 6. The molecule has 2 atom stereocenters. The molecule has 1 unspecified atom stereocenters. The van der Waals surface area contributed by atoms with Gasteiger partial charge in [0.2, 0.25) is 5.82 Å². The number of hydrogen-bond acceptors (Lipinski definition) is 7. The number of fused-ring (bicyclic) bond motifs is 1. The van der Waals surface area contributed by atoms with Crippen LogP contribution < -0.4 is 15.6 Å². The molecule has 2 N–H and O–H groups in total. The lowest BCUT2D eigenvalue weighted by Crippen LogP contribution is -2.57. The smallest absolute Gasteiger partial charge is 0.354 e. The summed E-state index contributed by atoms with van der Waals surface area (Å²) in [6.07, 6.45) is 9.70. The molecule has 6 rings (SSSR count). The van der Waals surface area contributed by atoms with E-state index in [1.807, 2.05) is 12.1 Å². The van der Waals surface area contributed by atoms with E-state index in [1.54, 1.807) is 19.4 Å². The summed E-state index contributed by atoms with van der Waals surface area (Å²) in [7, 11) is 3.80. The lowest BCUT2D eigenvalue weighted by atomic mass is 9.83. The van der Waals surface area contributed by atoms with E-state index in [0.29, 0.717) is 32.3 Å². The van der Waals surface area contributed by atoms with E-state index in [4.69, 9.17) is 26.1 Å². The summed E-state index contributed by atoms with van der Waals surface area (Å²) in [5.41, 5.74) is 3.33. The van der Waals surface area contributed by atoms with Gasteiger partial charge in [0.15, 0.2) is 6.04 Å². The number of hydrogen-bond donors (Lipinski definition) is 2. The Morgan fingerprint density at radius 1 is 1.20 bits per heavy atom. The zero-order valence-corrected chi connectivity index (χ0v) is 23.7. The first kappa shape index (κ1) is 26.6. The Morgan fingerprint density at radius 2 is 2.00 bits per heavy atom. The van der Waals surface area contributed by atoms with Gasteiger partial charge in [-0.3, -0.25) is 28.3 Å². The summed E-state index contributed by atoms with van der Waals surface area (Å²) in [6.45, 7) is 3.90. The average molecular weight is 566 g/mol. The first-order chi connectivity index (χ1) is 19.3. The summed E-state index contributed by atoms with van der Waals surface area (Å²) < 4.78 is 7.47. The molecule has 40 heavy (non-hydrogen) atoms. The number of carbonyl (C=O) groups excluding carboxylic acids is 1. The van der Waals surface area contributed by atoms with Gasteiger partial charge in [0.1, 0.15) is 5.69 Å². The molecule has 0 radical (unpaired) electrons. The number of imidazole rings is 1. The van der Waals surface area contributed by atoms with Gasteiger partial charge in [-0.05, 0) is 36.8 Å². The van der Waals surface area contributed by atoms with E-state index in [-0.39, 0.29) is 17.8 Å². The van der Waals surface area contributed by atoms with Gasteiger partial charge >= 0.3 is 11.7 Å². The fraction of sp³-hybridized carbons (Fsp3) is 0.500. The monoisotopic (exact) mass is 565 g/mol. The van der Waals surface area contributed by atoms with Crippen LogP contribution in [-0.4, -0.2) is 62.2 Å². The number of aromatic amines is 1. The van der Waals surface area contributed by atoms with Crippen molar-refractivity contribution in [3.63, 3.8) is 0 Å². The molecule has 5 heterocycles. The van der Waals surface area contributed by atoms with Crippen molar-refractivity contribution in [1.82, 2.24) is 39.5 Å². The van der Waals surface area contributed by atoms with E-state index in [1.165, 1.54) is 12.8 Å². The summed E-state index contributed by atoms with van der Waals surface area (Å²) in [4.78, 5) is 42.0. The fourth-order valence-electron chi connectivity index (χ4n) is 6.53. The molecule has 210 valence electrons. The zero-order chi connectivity index (χ0) is 28.0. The van der Waals surface area contributed by atoms with Crippen molar-refractivity contribution >= 4 is 34.5 Å². The van der Waals surface area contributed by atoms with E-state index in [2.05, 4.69) is 39.0 Å². The summed E-state index contributed by atoms with van der Waals surface area (Å²) >= 11 is 6.38. The molecule has 0 bridgehead atoms. The van der Waals surface area contributed by atoms with Gasteiger partial charge in [-0.1, -0.05) is 36.5 Å². The number of carbonyl (C=O) groups is 1. The Bertz CT molecular complexity index is 1620. The molecule has 2 aliphatic rings. The highest BCUT2D eigenvalue weighted by molar-refractivity contribution is 6.30. The number of pyridine rings is 2. The third kappa shape index (κ3) is 4.71. The van der Waals surface area contributed by atoms with E-state index < -0.39 is 5.76 Å². The van der Waals surface area contributed by atoms with Crippen molar-refractivity contribution in [2.24, 2.45) is 11.8 Å². The van der Waals surface area contributed by atoms with Crippen LogP contribution in [0.4, 0.5) is 5.95 Å². The van der Waals surface area contributed by atoms with Crippen LogP contribution in [0.15, 0.2) is 33.8 Å². The van der Waals surface area contributed by atoms with Crippen molar-refractivity contribution in [1.29, 1.82) is 0 Å². The number of likely N-dealkylation sites (N-methyl/N-ethyl adjacent to an activating group) is 2. The minimum absolute atomic E-state index is 0.0170. The molecule has 0 spiro atoms. The maximum absolute atomic E-state index is 13.1. The molecule has 11 nitrogen and oxygen atoms in total. The second kappa shape index (κ2) is 10.4. The van der Waals surface area contributed by atoms with Gasteiger partial charge in [-0.2, -0.15) is 4.98 Å². The number of H-pyrrole nitrogens is 1. The van der Waals surface area contributed by atoms with Crippen LogP contribution in [0.2, 0.25) is 5.02 Å². The van der Waals surface area contributed by atoms with Crippen molar-refractivity contribution < 1.29 is 9.32 Å². The average Bonchev–Trinajstić information content (AvgIpc) is 3.66. The number of amides is 1. The normalized spacial score (nSPS) is 24.9. The Hall–Kier alpha value is -3.57. The molecule has 1 amide bonds. The second-order valence-electron chi connectivity index (χ2n) is 11.5. The van der Waals surface area contributed by atoms with E-state index >= 15 is 0 Å². The molecule has 4 aromatic heterocycles. The first-order valence-corrected chi connectivity index (χ1v) is 14.3. The van der Waals surface area contributed by atoms with Crippen LogP contribution in [0.5, 0.6) is 0 Å². The van der Waals surface area contributed by atoms with E-state index in [9.17, 15) is 9.59 Å². The predicted octanol–water partition coefficient (Wildman–Crippen LogP) is 4.16. The Balaban J connectivity index is 1.61. The Kier molecular flexibility index (Phi) is 6.95. The second-order valence-corrected chi connectivity index (χ2v) is 11.9. The quantitative estimate of drug-likeness (QED) is 0.335. The molecule has 12 heteroatoms. The van der Waals surface area contributed by atoms with Crippen molar-refractivity contribution in [2.45, 2.75) is 58.0 Å². The van der Waals surface area contributed by atoms with Crippen LogP contribution in [0.3, 0.4) is 0 Å². The number of likely N-dealkylation sites (tertiary alicyclic amines) is 1. The molecule has 1 saturated heterocycles. The zero-order valence-electron chi connectivity index (χ0n) is 23.0. The largest absolute Gasteiger partial charge is 0.439 e. The highest BCUT2D eigenvalue weighted by Gasteiger charge is 2.48. The van der Waals surface area contributed by atoms with Gasteiger partial charge in [-0.15, -0.1) is 0 Å². The Labute approximate surface area is 236 Å². The van der Waals surface area contributed by atoms with Gasteiger partial charge in [0.05, 0.1) is 35.3 Å². The third-order valence-corrected chi connectivity index (χ3v) is 8.94. The SMILES string of the molecule is CNC(=O)[C@H]1CCC[N+]1(C)c1nc2cc(-c3noc(=O)[nH]3)nc(-c3cncc(Cl)c3)c2n1CC1CCC(C)CC1. The third-order valence-electron chi connectivity index (χ3n) is 8.74. The van der Waals surface area contributed by atoms with Crippen LogP contribution in [0, 0.1) is 11.8 Å². The van der Waals surface area contributed by atoms with Crippen molar-refractivity contribution in [3.05, 3.63) is 40.1 Å². The van der Waals surface area contributed by atoms with E-state index in [0.717, 1.165) is 61.7 Å². The maximum atomic E-state index is 13.1. The number of halogens is 1. The minimum atomic E-state index is -0.663. The molecule has 1 aliphatic heterocycles. The molecule has 1 saturated carbocycles. The molecule has 2 fully saturated rings. The topological polar surface area (TPSA) is 132 Å². The lowest BCUT2D eigenvalue weighted by Gasteiger charge is -2.34. The summed E-state index contributed by atoms with van der Waals surface area (Å²) in [5, 5.41) is 7.23. The van der Waals surface area contributed by atoms with Gasteiger partial charge in [-0.25, -0.2) is 9.78 Å². The van der Waals surface area contributed by atoms with Crippen LogP contribution in [0.25, 0.3) is 33.8 Å². The Morgan fingerprint density at radius 3 is 2.70 bits per heavy atom. The standard InChI is InChI=1S/C28H33ClN8O3/c1-16-6-8-17(9-7-16)15-36-24-20(33-27(36)37(3)10-4-5-22(37)26(38)30-2)12-21(25-34-28(39)40-35-25)32-23(24)18-11-19(29)14-31-13-18/h11-14,16-17,22H,4-10,15H2,1-3H3,(H-,30,34,35,38,39)/p+1/t16?,17?,22-,37?/m1/s1. The number of quaternary nitrogens is 1. The van der Waals surface area contributed by atoms with Crippen molar-refractivity contribution in [3.8, 4) is 22.8 Å². The number of aromatic nitrogens is 6. The van der Waals surface area contributed by atoms with Gasteiger partial charge in [0.25, 0.3) is 5.91 Å². The van der Waals surface area contributed by atoms with Crippen molar-refractivity contribution in [2.75, 3.05) is 20.6 Å². The first-order valence-electron chi connectivity index (χ1n) is 13.9. The molecular formula is C28H34ClN8O3+. The van der Waals surface area contributed by atoms with Gasteiger partial charge in [0, 0.05) is 44.4 Å². The summed E-state index contributed by atoms with van der Waals surface area (Å²) in [6, 6.07) is 3.40. The predicted molar refractivity (Wildman–Crippen MR) is 153 cm³/mol. The van der Waals surface area contributed by atoms with Crippen LogP contribution >= 0.6 is 11.6 Å².